The molecule has 0 heterocycles. The predicted molar refractivity (Wildman–Crippen MR) is 30.1 cm³/mol. The topological polar surface area (TPSA) is 69.9 Å². The third-order valence-electron chi connectivity index (χ3n) is 0.731. The summed E-state index contributed by atoms with van der Waals surface area (Å²) in [6, 6.07) is 0. The van der Waals surface area contributed by atoms with Gasteiger partial charge in [-0.2, -0.15) is 0 Å². The lowest BCUT2D eigenvalue weighted by Crippen LogP contribution is -2.11. The molecule has 0 spiro atoms. The highest BCUT2D eigenvalue weighted by Gasteiger charge is 2.07. The van der Waals surface area contributed by atoms with Crippen molar-refractivity contribution in [1.82, 2.24) is 0 Å². The molecule has 0 aromatic carbocycles. The maximum Gasteiger partial charge on any atom is 0.189 e. The third-order valence-corrected chi connectivity index (χ3v) is 2.19. The molecule has 0 rings (SSSR count). The number of hydrogen-bond donors (Lipinski definition) is 2. The van der Waals surface area contributed by atoms with Crippen molar-refractivity contribution in [3.05, 3.63) is 0 Å². The minimum atomic E-state index is -3.31. The Hall–Kier alpha value is -0.130. The van der Waals surface area contributed by atoms with Crippen LogP contribution in [0.2, 0.25) is 0 Å². The third kappa shape index (κ3) is 1.77. The molecule has 50 valence electrons. The molecule has 8 heavy (non-hydrogen) atoms. The zero-order valence-electron chi connectivity index (χ0n) is 4.74. The van der Waals surface area contributed by atoms with Crippen LogP contribution >= 0.6 is 0 Å². The SMILES string of the molecule is CC(C)S(=O)(O)=NO. The van der Waals surface area contributed by atoms with E-state index in [1.54, 1.807) is 0 Å². The maximum atomic E-state index is 10.4. The molecule has 1 atom stereocenters. The van der Waals surface area contributed by atoms with Gasteiger partial charge in [-0.15, -0.1) is 0 Å². The first-order valence-corrected chi connectivity index (χ1v) is 3.66. The first-order chi connectivity index (χ1) is 3.50. The highest BCUT2D eigenvalue weighted by Crippen LogP contribution is 1.97. The van der Waals surface area contributed by atoms with Crippen LogP contribution in [-0.4, -0.2) is 19.2 Å². The first-order valence-electron chi connectivity index (χ1n) is 2.12. The molecular weight excluding hydrogens is 130 g/mol. The standard InChI is InChI=1S/C3H9NO3S/c1-3(2)8(6,7)4-5/h3,5H,1-2H3,(H,4,6,7). The fraction of sp³-hybridized carbons (Fsp3) is 1.00. The molecule has 0 radical (unpaired) electrons. The zero-order valence-corrected chi connectivity index (χ0v) is 5.55. The van der Waals surface area contributed by atoms with E-state index >= 15 is 0 Å². The van der Waals surface area contributed by atoms with Gasteiger partial charge in [-0.3, -0.25) is 9.76 Å². The summed E-state index contributed by atoms with van der Waals surface area (Å²) in [4.78, 5) is 0. The van der Waals surface area contributed by atoms with E-state index in [1.807, 2.05) is 0 Å². The lowest BCUT2D eigenvalue weighted by molar-refractivity contribution is 0.315. The van der Waals surface area contributed by atoms with Crippen LogP contribution in [0.5, 0.6) is 0 Å². The van der Waals surface area contributed by atoms with E-state index in [1.165, 1.54) is 13.8 Å². The monoisotopic (exact) mass is 139 g/mol. The van der Waals surface area contributed by atoms with Gasteiger partial charge in [0.1, 0.15) is 0 Å². The van der Waals surface area contributed by atoms with E-state index in [0.717, 1.165) is 0 Å². The average Bonchev–Trinajstić information content (AvgIpc) is 1.67. The van der Waals surface area contributed by atoms with Crippen molar-refractivity contribution < 1.29 is 14.0 Å². The Bertz CT molecular complexity index is 167. The lowest BCUT2D eigenvalue weighted by atomic mass is 10.6. The molecule has 0 aliphatic rings. The molecule has 0 aliphatic carbocycles. The van der Waals surface area contributed by atoms with Gasteiger partial charge >= 0.3 is 0 Å². The van der Waals surface area contributed by atoms with Crippen LogP contribution in [0.1, 0.15) is 13.8 Å². The number of nitrogens with zero attached hydrogens (tertiary/aromatic N) is 1. The fourth-order valence-corrected chi connectivity index (χ4v) is 0.283. The van der Waals surface area contributed by atoms with Gasteiger partial charge < -0.3 is 0 Å². The molecule has 0 aliphatic heterocycles. The van der Waals surface area contributed by atoms with E-state index in [-0.39, 0.29) is 0 Å². The molecule has 0 amide bonds. The van der Waals surface area contributed by atoms with Crippen LogP contribution in [-0.2, 0) is 10.0 Å². The van der Waals surface area contributed by atoms with Crippen LogP contribution < -0.4 is 0 Å². The molecule has 0 saturated heterocycles. The van der Waals surface area contributed by atoms with Gasteiger partial charge in [0.05, 0.1) is 5.25 Å². The summed E-state index contributed by atoms with van der Waals surface area (Å²) < 4.78 is 21.2. The van der Waals surface area contributed by atoms with E-state index in [9.17, 15) is 4.21 Å². The molecule has 0 saturated carbocycles. The molecular formula is C3H9NO3S. The summed E-state index contributed by atoms with van der Waals surface area (Å²) >= 11 is 0. The first kappa shape index (κ1) is 7.87. The molecule has 0 bridgehead atoms. The Labute approximate surface area is 48.5 Å². The van der Waals surface area contributed by atoms with Crippen molar-refractivity contribution in [2.24, 2.45) is 4.53 Å². The summed E-state index contributed by atoms with van der Waals surface area (Å²) in [6.45, 7) is 3.00. The van der Waals surface area contributed by atoms with Crippen LogP contribution in [0.4, 0.5) is 0 Å². The van der Waals surface area contributed by atoms with Gasteiger partial charge in [-0.05, 0) is 13.8 Å². The van der Waals surface area contributed by atoms with Crippen LogP contribution in [0.25, 0.3) is 0 Å². The minimum Gasteiger partial charge on any atom is -0.299 e. The highest BCUT2D eigenvalue weighted by atomic mass is 32.2. The van der Waals surface area contributed by atoms with Crippen LogP contribution in [0, 0.1) is 0 Å². The molecule has 5 heteroatoms. The van der Waals surface area contributed by atoms with Gasteiger partial charge in [0, 0.05) is 0 Å². The second-order valence-corrected chi connectivity index (χ2v) is 3.85. The summed E-state index contributed by atoms with van der Waals surface area (Å²) in [5.41, 5.74) is 0. The summed E-state index contributed by atoms with van der Waals surface area (Å²) in [5, 5.41) is 7.34. The minimum absolute atomic E-state index is 0.521. The van der Waals surface area contributed by atoms with Crippen LogP contribution in [0.3, 0.4) is 0 Å². The number of rotatable bonds is 1. The molecule has 0 fully saturated rings. The molecule has 0 aromatic rings. The molecule has 4 nitrogen and oxygen atoms in total. The van der Waals surface area contributed by atoms with Crippen molar-refractivity contribution in [3.8, 4) is 0 Å². The van der Waals surface area contributed by atoms with Gasteiger partial charge in [0.2, 0.25) is 0 Å². The Morgan fingerprint density at radius 1 is 1.62 bits per heavy atom. The fourth-order valence-electron chi connectivity index (χ4n) is 0.0943. The lowest BCUT2D eigenvalue weighted by Gasteiger charge is -2.00. The van der Waals surface area contributed by atoms with Crippen molar-refractivity contribution in [2.45, 2.75) is 19.1 Å². The summed E-state index contributed by atoms with van der Waals surface area (Å²) in [5.74, 6) is 0. The molecule has 0 aromatic heterocycles. The molecule has 1 unspecified atom stereocenters. The normalized spacial score (nSPS) is 18.1. The summed E-state index contributed by atoms with van der Waals surface area (Å²) in [7, 11) is -3.31. The Kier molecular flexibility index (Phi) is 2.39. The van der Waals surface area contributed by atoms with Gasteiger partial charge in [-0.25, -0.2) is 4.21 Å². The molecule has 2 N–H and O–H groups in total. The Morgan fingerprint density at radius 3 is 2.00 bits per heavy atom. The second kappa shape index (κ2) is 2.43. The number of hydrogen-bond acceptors (Lipinski definition) is 2. The Morgan fingerprint density at radius 2 is 2.00 bits per heavy atom. The van der Waals surface area contributed by atoms with Gasteiger partial charge in [0.15, 0.2) is 10.0 Å². The van der Waals surface area contributed by atoms with E-state index in [0.29, 0.717) is 0 Å². The predicted octanol–water partition coefficient (Wildman–Crippen LogP) is 0.725. The second-order valence-electron chi connectivity index (χ2n) is 1.67. The zero-order chi connectivity index (χ0) is 6.78. The van der Waals surface area contributed by atoms with Crippen LogP contribution in [0.15, 0.2) is 4.53 Å². The maximum absolute atomic E-state index is 10.4. The van der Waals surface area contributed by atoms with Crippen molar-refractivity contribution in [3.63, 3.8) is 0 Å². The largest absolute Gasteiger partial charge is 0.299 e. The highest BCUT2D eigenvalue weighted by molar-refractivity contribution is 7.88. The van der Waals surface area contributed by atoms with E-state index < -0.39 is 15.3 Å². The van der Waals surface area contributed by atoms with Crippen molar-refractivity contribution in [2.75, 3.05) is 0 Å². The average molecular weight is 139 g/mol. The van der Waals surface area contributed by atoms with Crippen molar-refractivity contribution in [1.29, 1.82) is 0 Å². The van der Waals surface area contributed by atoms with Crippen molar-refractivity contribution >= 4 is 10.0 Å². The Balaban J connectivity index is 4.42. The van der Waals surface area contributed by atoms with E-state index in [4.69, 9.17) is 9.76 Å². The smallest absolute Gasteiger partial charge is 0.189 e. The van der Waals surface area contributed by atoms with Gasteiger partial charge in [0.25, 0.3) is 0 Å². The summed E-state index contributed by atoms with van der Waals surface area (Å²) in [6.07, 6.45) is 0. The van der Waals surface area contributed by atoms with Gasteiger partial charge in [-0.1, -0.05) is 4.53 Å². The van der Waals surface area contributed by atoms with E-state index in [2.05, 4.69) is 4.53 Å². The quantitative estimate of drug-likeness (QED) is 0.526.